The van der Waals surface area contributed by atoms with Gasteiger partial charge in [0.1, 0.15) is 5.75 Å². The first kappa shape index (κ1) is 26.5. The van der Waals surface area contributed by atoms with E-state index in [1.165, 1.54) is 10.5 Å². The average Bonchev–Trinajstić information content (AvgIpc) is 2.88. The van der Waals surface area contributed by atoms with Crippen molar-refractivity contribution in [1.82, 2.24) is 9.88 Å². The zero-order chi connectivity index (χ0) is 25.5. The van der Waals surface area contributed by atoms with E-state index in [1.54, 1.807) is 13.3 Å². The molecule has 3 atom stereocenters. The van der Waals surface area contributed by atoms with Gasteiger partial charge in [0.05, 0.1) is 18.7 Å². The van der Waals surface area contributed by atoms with Gasteiger partial charge in [-0.2, -0.15) is 0 Å². The van der Waals surface area contributed by atoms with Gasteiger partial charge in [-0.05, 0) is 86.5 Å². The Labute approximate surface area is 217 Å². The number of fused-ring (bicyclic) bond motifs is 1. The minimum atomic E-state index is -0.742. The molecule has 3 aromatic rings. The third-order valence-corrected chi connectivity index (χ3v) is 8.25. The number of benzene rings is 2. The predicted molar refractivity (Wildman–Crippen MR) is 145 cm³/mol. The second-order valence-electron chi connectivity index (χ2n) is 9.75. The number of aromatic nitrogens is 1. The summed E-state index contributed by atoms with van der Waals surface area (Å²) in [5, 5.41) is 21.5. The molecule has 1 fully saturated rings. The number of carbonyl (C=O) groups is 1. The first-order valence-electron chi connectivity index (χ1n) is 12.7. The van der Waals surface area contributed by atoms with Crippen molar-refractivity contribution in [2.75, 3.05) is 32.5 Å². The van der Waals surface area contributed by atoms with Gasteiger partial charge < -0.3 is 19.8 Å². The Kier molecular flexibility index (Phi) is 9.24. The maximum absolute atomic E-state index is 11.6. The third kappa shape index (κ3) is 6.99. The SMILES string of the molecule is COc1ccc2nccc([C@@H](O)CC[C@@H]3CCN(CCSc4ccc(C)cc4)C[C@@H]3CC(=O)O)c2c1. The molecule has 0 saturated carbocycles. The maximum atomic E-state index is 11.6. The van der Waals surface area contributed by atoms with Gasteiger partial charge in [0, 0.05) is 41.7 Å². The molecule has 4 rings (SSSR count). The Bertz CT molecular complexity index is 1150. The molecule has 0 aliphatic carbocycles. The molecule has 2 heterocycles. The summed E-state index contributed by atoms with van der Waals surface area (Å²) >= 11 is 1.85. The van der Waals surface area contributed by atoms with Crippen molar-refractivity contribution < 1.29 is 19.7 Å². The van der Waals surface area contributed by atoms with Gasteiger partial charge in [-0.1, -0.05) is 17.7 Å². The predicted octanol–water partition coefficient (Wildman–Crippen LogP) is 5.57. The summed E-state index contributed by atoms with van der Waals surface area (Å²) in [5.74, 6) is 1.37. The molecule has 0 unspecified atom stereocenters. The molecule has 192 valence electrons. The molecule has 1 aliphatic heterocycles. The Morgan fingerprint density at radius 3 is 2.75 bits per heavy atom. The maximum Gasteiger partial charge on any atom is 0.303 e. The van der Waals surface area contributed by atoms with Gasteiger partial charge in [0.25, 0.3) is 0 Å². The van der Waals surface area contributed by atoms with Crippen LogP contribution in [0.15, 0.2) is 59.6 Å². The fourth-order valence-corrected chi connectivity index (χ4v) is 6.13. The highest BCUT2D eigenvalue weighted by molar-refractivity contribution is 7.99. The van der Waals surface area contributed by atoms with Gasteiger partial charge in [-0.3, -0.25) is 9.78 Å². The zero-order valence-electron chi connectivity index (χ0n) is 21.1. The van der Waals surface area contributed by atoms with Gasteiger partial charge in [0.2, 0.25) is 0 Å². The largest absolute Gasteiger partial charge is 0.497 e. The van der Waals surface area contributed by atoms with E-state index in [4.69, 9.17) is 4.74 Å². The molecule has 2 aromatic carbocycles. The Morgan fingerprint density at radius 2 is 2.00 bits per heavy atom. The van der Waals surface area contributed by atoms with E-state index in [0.717, 1.165) is 60.4 Å². The van der Waals surface area contributed by atoms with Crippen LogP contribution >= 0.6 is 11.8 Å². The highest BCUT2D eigenvalue weighted by Gasteiger charge is 2.31. The number of piperidine rings is 1. The molecule has 1 saturated heterocycles. The van der Waals surface area contributed by atoms with E-state index >= 15 is 0 Å². The number of aliphatic carboxylic acids is 1. The number of rotatable bonds is 11. The van der Waals surface area contributed by atoms with Crippen molar-refractivity contribution in [3.63, 3.8) is 0 Å². The van der Waals surface area contributed by atoms with E-state index in [1.807, 2.05) is 36.0 Å². The number of pyridine rings is 1. The lowest BCUT2D eigenvalue weighted by molar-refractivity contribution is -0.139. The molecule has 0 radical (unpaired) electrons. The van der Waals surface area contributed by atoms with Crippen LogP contribution in [0.5, 0.6) is 5.75 Å². The molecule has 36 heavy (non-hydrogen) atoms. The van der Waals surface area contributed by atoms with Crippen LogP contribution in [0.4, 0.5) is 0 Å². The number of hydrogen-bond acceptors (Lipinski definition) is 6. The molecule has 0 bridgehead atoms. The number of likely N-dealkylation sites (tertiary alicyclic amines) is 1. The van der Waals surface area contributed by atoms with Crippen molar-refractivity contribution in [3.05, 3.63) is 65.9 Å². The van der Waals surface area contributed by atoms with Crippen LogP contribution in [0.25, 0.3) is 10.9 Å². The van der Waals surface area contributed by atoms with Crippen molar-refractivity contribution in [3.8, 4) is 5.75 Å². The molecular formula is C29H36N2O4S. The standard InChI is InChI=1S/C29H36N2O4S/c1-20-3-7-24(8-4-20)36-16-15-31-14-12-21(22(19-31)17-29(33)34)5-10-28(32)25-11-13-30-27-9-6-23(35-2)18-26(25)27/h3-4,6-9,11,13,18,21-22,28,32H,5,10,12,14-17,19H2,1-2H3,(H,33,34)/t21-,22+,28+/m1/s1. The van der Waals surface area contributed by atoms with Crippen LogP contribution in [0.1, 0.15) is 42.9 Å². The fourth-order valence-electron chi connectivity index (χ4n) is 5.21. The first-order chi connectivity index (χ1) is 17.4. The van der Waals surface area contributed by atoms with E-state index in [2.05, 4.69) is 41.1 Å². The summed E-state index contributed by atoms with van der Waals surface area (Å²) in [5.41, 5.74) is 2.94. The van der Waals surface area contributed by atoms with Crippen LogP contribution < -0.4 is 4.74 Å². The normalized spacial score (nSPS) is 19.3. The van der Waals surface area contributed by atoms with E-state index in [0.29, 0.717) is 12.3 Å². The Balaban J connectivity index is 1.34. The molecule has 0 spiro atoms. The summed E-state index contributed by atoms with van der Waals surface area (Å²) in [6.07, 6.45) is 3.65. The number of nitrogens with zero attached hydrogens (tertiary/aromatic N) is 2. The molecule has 2 N–H and O–H groups in total. The van der Waals surface area contributed by atoms with E-state index in [-0.39, 0.29) is 12.3 Å². The number of aryl methyl sites for hydroxylation is 1. The minimum absolute atomic E-state index is 0.0992. The average molecular weight is 509 g/mol. The molecule has 0 amide bonds. The van der Waals surface area contributed by atoms with Crippen LogP contribution in [-0.2, 0) is 4.79 Å². The van der Waals surface area contributed by atoms with Gasteiger partial charge in [-0.25, -0.2) is 0 Å². The third-order valence-electron chi connectivity index (χ3n) is 7.26. The number of carboxylic acids is 1. The van der Waals surface area contributed by atoms with E-state index in [9.17, 15) is 15.0 Å². The van der Waals surface area contributed by atoms with E-state index < -0.39 is 12.1 Å². The van der Waals surface area contributed by atoms with Crippen molar-refractivity contribution in [2.45, 2.75) is 43.6 Å². The zero-order valence-corrected chi connectivity index (χ0v) is 21.9. The van der Waals surface area contributed by atoms with Crippen LogP contribution in [0.3, 0.4) is 0 Å². The minimum Gasteiger partial charge on any atom is -0.497 e. The van der Waals surface area contributed by atoms with Crippen molar-refractivity contribution in [1.29, 1.82) is 0 Å². The molecule has 7 heteroatoms. The van der Waals surface area contributed by atoms with Gasteiger partial charge in [-0.15, -0.1) is 11.8 Å². The number of aliphatic hydroxyl groups excluding tert-OH is 1. The number of carboxylic acid groups (broad SMARTS) is 1. The number of hydrogen-bond donors (Lipinski definition) is 2. The quantitative estimate of drug-likeness (QED) is 0.328. The summed E-state index contributed by atoms with van der Waals surface area (Å²) < 4.78 is 5.36. The van der Waals surface area contributed by atoms with Gasteiger partial charge >= 0.3 is 5.97 Å². The number of methoxy groups -OCH3 is 1. The first-order valence-corrected chi connectivity index (χ1v) is 13.7. The Morgan fingerprint density at radius 1 is 1.19 bits per heavy atom. The number of aliphatic hydroxyl groups is 1. The van der Waals surface area contributed by atoms with Gasteiger partial charge in [0.15, 0.2) is 0 Å². The Hall–Kier alpha value is -2.61. The summed E-state index contributed by atoms with van der Waals surface area (Å²) in [6, 6.07) is 16.2. The molecular weight excluding hydrogens is 472 g/mol. The lowest BCUT2D eigenvalue weighted by Gasteiger charge is -2.38. The van der Waals surface area contributed by atoms with Crippen LogP contribution in [0, 0.1) is 18.8 Å². The highest BCUT2D eigenvalue weighted by atomic mass is 32.2. The smallest absolute Gasteiger partial charge is 0.303 e. The van der Waals surface area contributed by atoms with Crippen molar-refractivity contribution in [2.24, 2.45) is 11.8 Å². The molecule has 1 aromatic heterocycles. The summed E-state index contributed by atoms with van der Waals surface area (Å²) in [6.45, 7) is 4.82. The lowest BCUT2D eigenvalue weighted by Crippen LogP contribution is -2.42. The molecule has 6 nitrogen and oxygen atoms in total. The second kappa shape index (κ2) is 12.6. The van der Waals surface area contributed by atoms with Crippen molar-refractivity contribution >= 4 is 28.6 Å². The lowest BCUT2D eigenvalue weighted by atomic mass is 9.79. The molecule has 1 aliphatic rings. The highest BCUT2D eigenvalue weighted by Crippen LogP contribution is 2.35. The summed E-state index contributed by atoms with van der Waals surface area (Å²) in [7, 11) is 1.63. The van der Waals surface area contributed by atoms with Crippen LogP contribution in [-0.4, -0.2) is 58.6 Å². The fraction of sp³-hybridized carbons (Fsp3) is 0.448. The number of ether oxygens (including phenoxy) is 1. The second-order valence-corrected chi connectivity index (χ2v) is 10.9. The number of thioether (sulfide) groups is 1. The van der Waals surface area contributed by atoms with Crippen LogP contribution in [0.2, 0.25) is 0 Å². The monoisotopic (exact) mass is 508 g/mol. The summed E-state index contributed by atoms with van der Waals surface area (Å²) in [4.78, 5) is 19.7. The topological polar surface area (TPSA) is 82.9 Å².